The molecule has 110 valence electrons. The minimum atomic E-state index is -0.891. The Morgan fingerprint density at radius 3 is 2.57 bits per heavy atom. The van der Waals surface area contributed by atoms with Gasteiger partial charge in [0.2, 0.25) is 5.91 Å². The van der Waals surface area contributed by atoms with Crippen LogP contribution in [0.15, 0.2) is 36.4 Å². The van der Waals surface area contributed by atoms with E-state index in [-0.39, 0.29) is 22.9 Å². The van der Waals surface area contributed by atoms with Gasteiger partial charge in [0.25, 0.3) is 0 Å². The Hall–Kier alpha value is -2.21. The van der Waals surface area contributed by atoms with E-state index in [1.807, 2.05) is 0 Å². The van der Waals surface area contributed by atoms with Crippen LogP contribution >= 0.6 is 11.6 Å². The average molecular weight is 315 g/mol. The summed E-state index contributed by atoms with van der Waals surface area (Å²) in [4.78, 5) is 11.6. The van der Waals surface area contributed by atoms with E-state index in [2.05, 4.69) is 10.6 Å². The topological polar surface area (TPSA) is 41.1 Å². The molecule has 0 aromatic heterocycles. The molecule has 0 saturated carbocycles. The summed E-state index contributed by atoms with van der Waals surface area (Å²) in [6, 6.07) is 7.07. The first-order valence-corrected chi connectivity index (χ1v) is 6.28. The van der Waals surface area contributed by atoms with Gasteiger partial charge in [-0.3, -0.25) is 4.79 Å². The second kappa shape index (κ2) is 6.49. The molecule has 0 saturated heterocycles. The number of carbonyl (C=O) groups is 1. The molecule has 3 nitrogen and oxygen atoms in total. The van der Waals surface area contributed by atoms with Crippen LogP contribution in [0.4, 0.5) is 24.5 Å². The number of hydrogen-bond donors (Lipinski definition) is 2. The molecule has 21 heavy (non-hydrogen) atoms. The van der Waals surface area contributed by atoms with Crippen molar-refractivity contribution in [3.63, 3.8) is 0 Å². The molecule has 0 aliphatic carbocycles. The number of benzene rings is 2. The lowest BCUT2D eigenvalue weighted by Crippen LogP contribution is -2.22. The van der Waals surface area contributed by atoms with Gasteiger partial charge in [-0.25, -0.2) is 13.2 Å². The molecule has 0 atom stereocenters. The Balaban J connectivity index is 1.97. The minimum absolute atomic E-state index is 0.0530. The van der Waals surface area contributed by atoms with Gasteiger partial charge in [-0.2, -0.15) is 0 Å². The lowest BCUT2D eigenvalue weighted by molar-refractivity contribution is -0.114. The van der Waals surface area contributed by atoms with Crippen molar-refractivity contribution in [1.82, 2.24) is 0 Å². The van der Waals surface area contributed by atoms with Crippen molar-refractivity contribution in [3.8, 4) is 0 Å². The highest BCUT2D eigenvalue weighted by molar-refractivity contribution is 6.31. The summed E-state index contributed by atoms with van der Waals surface area (Å²) in [5.41, 5.74) is -0.105. The van der Waals surface area contributed by atoms with Crippen LogP contribution in [0.2, 0.25) is 5.02 Å². The smallest absolute Gasteiger partial charge is 0.243 e. The van der Waals surface area contributed by atoms with Crippen LogP contribution in [0.25, 0.3) is 0 Å². The van der Waals surface area contributed by atoms with Crippen molar-refractivity contribution < 1.29 is 18.0 Å². The van der Waals surface area contributed by atoms with Gasteiger partial charge in [-0.15, -0.1) is 0 Å². The SMILES string of the molecule is O=C(CNc1cccc(Cl)c1F)Nc1ccc(F)cc1F. The predicted molar refractivity (Wildman–Crippen MR) is 74.9 cm³/mol. The van der Waals surface area contributed by atoms with E-state index in [1.54, 1.807) is 0 Å². The maximum absolute atomic E-state index is 13.6. The van der Waals surface area contributed by atoms with Gasteiger partial charge in [0.05, 0.1) is 22.9 Å². The Morgan fingerprint density at radius 1 is 1.10 bits per heavy atom. The third-order valence-corrected chi connectivity index (χ3v) is 2.89. The van der Waals surface area contributed by atoms with E-state index in [0.29, 0.717) is 6.07 Å². The van der Waals surface area contributed by atoms with Crippen LogP contribution < -0.4 is 10.6 Å². The Morgan fingerprint density at radius 2 is 1.86 bits per heavy atom. The molecule has 0 unspecified atom stereocenters. The van der Waals surface area contributed by atoms with Crippen LogP contribution in [0, 0.1) is 17.5 Å². The molecule has 1 amide bonds. The van der Waals surface area contributed by atoms with Gasteiger partial charge < -0.3 is 10.6 Å². The predicted octanol–water partition coefficient (Wildman–Crippen LogP) is 3.81. The molecule has 7 heteroatoms. The highest BCUT2D eigenvalue weighted by Gasteiger charge is 2.10. The molecular weight excluding hydrogens is 305 g/mol. The summed E-state index contributed by atoms with van der Waals surface area (Å²) in [6.45, 7) is -0.298. The molecule has 0 fully saturated rings. The maximum Gasteiger partial charge on any atom is 0.243 e. The monoisotopic (exact) mass is 314 g/mol. The number of carbonyl (C=O) groups excluding carboxylic acids is 1. The van der Waals surface area contributed by atoms with E-state index in [9.17, 15) is 18.0 Å². The quantitative estimate of drug-likeness (QED) is 0.901. The summed E-state index contributed by atoms with van der Waals surface area (Å²) in [6.07, 6.45) is 0. The van der Waals surface area contributed by atoms with E-state index in [1.165, 1.54) is 18.2 Å². The Kier molecular flexibility index (Phi) is 4.70. The zero-order chi connectivity index (χ0) is 15.4. The van der Waals surface area contributed by atoms with Gasteiger partial charge in [0.15, 0.2) is 5.82 Å². The molecule has 0 radical (unpaired) electrons. The first-order valence-electron chi connectivity index (χ1n) is 5.90. The van der Waals surface area contributed by atoms with Crippen LogP contribution in [0.1, 0.15) is 0 Å². The lowest BCUT2D eigenvalue weighted by atomic mass is 10.3. The van der Waals surface area contributed by atoms with Gasteiger partial charge >= 0.3 is 0 Å². The normalized spacial score (nSPS) is 10.3. The number of amides is 1. The second-order valence-corrected chi connectivity index (χ2v) is 4.53. The Bertz CT molecular complexity index is 679. The minimum Gasteiger partial charge on any atom is -0.374 e. The molecule has 0 aliphatic heterocycles. The fourth-order valence-corrected chi connectivity index (χ4v) is 1.78. The summed E-state index contributed by atoms with van der Waals surface area (Å²) in [5.74, 6) is -2.93. The van der Waals surface area contributed by atoms with Crippen molar-refractivity contribution >= 4 is 28.9 Å². The van der Waals surface area contributed by atoms with E-state index in [4.69, 9.17) is 11.6 Å². The molecule has 2 aromatic rings. The highest BCUT2D eigenvalue weighted by atomic mass is 35.5. The maximum atomic E-state index is 13.6. The summed E-state index contributed by atoms with van der Waals surface area (Å²) in [7, 11) is 0. The van der Waals surface area contributed by atoms with E-state index in [0.717, 1.165) is 12.1 Å². The third kappa shape index (κ3) is 3.88. The van der Waals surface area contributed by atoms with Crippen molar-refractivity contribution in [3.05, 3.63) is 58.9 Å². The first-order chi connectivity index (χ1) is 9.97. The molecule has 2 aromatic carbocycles. The summed E-state index contributed by atoms with van der Waals surface area (Å²) < 4.78 is 39.6. The summed E-state index contributed by atoms with van der Waals surface area (Å²) >= 11 is 5.59. The fourth-order valence-electron chi connectivity index (χ4n) is 1.60. The number of anilines is 2. The van der Waals surface area contributed by atoms with Crippen molar-refractivity contribution in [2.45, 2.75) is 0 Å². The standard InChI is InChI=1S/C14H10ClF3N2O/c15-9-2-1-3-12(14(9)18)19-7-13(21)20-11-5-4-8(16)6-10(11)17/h1-6,19H,7H2,(H,20,21). The largest absolute Gasteiger partial charge is 0.374 e. The van der Waals surface area contributed by atoms with E-state index < -0.39 is 23.4 Å². The zero-order valence-electron chi connectivity index (χ0n) is 10.6. The number of hydrogen-bond acceptors (Lipinski definition) is 2. The molecule has 2 N–H and O–H groups in total. The van der Waals surface area contributed by atoms with Gasteiger partial charge in [0.1, 0.15) is 11.6 Å². The fraction of sp³-hybridized carbons (Fsp3) is 0.0714. The highest BCUT2D eigenvalue weighted by Crippen LogP contribution is 2.21. The van der Waals surface area contributed by atoms with Crippen LogP contribution in [0.5, 0.6) is 0 Å². The van der Waals surface area contributed by atoms with Gasteiger partial charge in [-0.05, 0) is 24.3 Å². The molecule has 2 rings (SSSR count). The number of nitrogens with one attached hydrogen (secondary N) is 2. The van der Waals surface area contributed by atoms with Gasteiger partial charge in [0, 0.05) is 6.07 Å². The van der Waals surface area contributed by atoms with Crippen molar-refractivity contribution in [1.29, 1.82) is 0 Å². The molecule has 0 heterocycles. The molecular formula is C14H10ClF3N2O. The second-order valence-electron chi connectivity index (χ2n) is 4.13. The van der Waals surface area contributed by atoms with Crippen LogP contribution in [-0.2, 0) is 4.79 Å². The average Bonchev–Trinajstić information content (AvgIpc) is 2.43. The van der Waals surface area contributed by atoms with Crippen molar-refractivity contribution in [2.24, 2.45) is 0 Å². The number of halogens is 4. The zero-order valence-corrected chi connectivity index (χ0v) is 11.3. The number of rotatable bonds is 4. The van der Waals surface area contributed by atoms with Crippen LogP contribution in [0.3, 0.4) is 0 Å². The summed E-state index contributed by atoms with van der Waals surface area (Å²) in [5, 5.41) is 4.70. The molecule has 0 bridgehead atoms. The van der Waals surface area contributed by atoms with E-state index >= 15 is 0 Å². The first kappa shape index (κ1) is 15.2. The molecule has 0 aliphatic rings. The Labute approximate surface area is 123 Å². The van der Waals surface area contributed by atoms with Crippen LogP contribution in [-0.4, -0.2) is 12.5 Å². The molecule has 0 spiro atoms. The third-order valence-electron chi connectivity index (χ3n) is 2.60. The lowest BCUT2D eigenvalue weighted by Gasteiger charge is -2.09. The van der Waals surface area contributed by atoms with Crippen molar-refractivity contribution in [2.75, 3.05) is 17.2 Å². The van der Waals surface area contributed by atoms with Gasteiger partial charge in [-0.1, -0.05) is 17.7 Å².